The highest BCUT2D eigenvalue weighted by atomic mass is 79.9. The van der Waals surface area contributed by atoms with Crippen LogP contribution in [0.25, 0.3) is 0 Å². The minimum Gasteiger partial charge on any atom is -0.383 e. The van der Waals surface area contributed by atoms with E-state index < -0.39 is 11.8 Å². The van der Waals surface area contributed by atoms with Gasteiger partial charge >= 0.3 is 11.8 Å². The standard InChI is InChI=1S/C20H23BrN4O2/c1-12-6-7-17(14-4-3-5-15(21)9-14)25(11-12)20(27)19(26)24-16-8-13(2)18(22)23-10-16/h3-5,8-10,12,17H,6-7,11H2,1-2H3,(H2,22,23)(H,24,26)/t12-,17+/m1/s1. The lowest BCUT2D eigenvalue weighted by atomic mass is 9.90. The molecule has 1 aromatic heterocycles. The van der Waals surface area contributed by atoms with E-state index in [1.165, 1.54) is 6.20 Å². The summed E-state index contributed by atoms with van der Waals surface area (Å²) in [7, 11) is 0. The molecule has 0 radical (unpaired) electrons. The van der Waals surface area contributed by atoms with Crippen molar-refractivity contribution in [3.63, 3.8) is 0 Å². The van der Waals surface area contributed by atoms with E-state index in [4.69, 9.17) is 5.73 Å². The summed E-state index contributed by atoms with van der Waals surface area (Å²) in [5.74, 6) is -0.430. The fourth-order valence-electron chi connectivity index (χ4n) is 3.41. The van der Waals surface area contributed by atoms with Crippen molar-refractivity contribution in [3.05, 3.63) is 52.1 Å². The van der Waals surface area contributed by atoms with Crippen LogP contribution in [0.15, 0.2) is 41.0 Å². The van der Waals surface area contributed by atoms with Gasteiger partial charge in [-0.1, -0.05) is 35.0 Å². The molecule has 6 nitrogen and oxygen atoms in total. The molecule has 1 saturated heterocycles. The maximum atomic E-state index is 12.9. The summed E-state index contributed by atoms with van der Waals surface area (Å²) < 4.78 is 0.957. The highest BCUT2D eigenvalue weighted by molar-refractivity contribution is 9.10. The maximum Gasteiger partial charge on any atom is 0.313 e. The molecular weight excluding hydrogens is 408 g/mol. The van der Waals surface area contributed by atoms with Crippen LogP contribution >= 0.6 is 15.9 Å². The summed E-state index contributed by atoms with van der Waals surface area (Å²) in [6.45, 7) is 4.46. The molecule has 2 amide bonds. The predicted molar refractivity (Wildman–Crippen MR) is 109 cm³/mol. The van der Waals surface area contributed by atoms with Crippen LogP contribution in [0.2, 0.25) is 0 Å². The molecule has 0 aliphatic carbocycles. The van der Waals surface area contributed by atoms with Crippen molar-refractivity contribution in [2.75, 3.05) is 17.6 Å². The van der Waals surface area contributed by atoms with Crippen LogP contribution in [0, 0.1) is 12.8 Å². The fraction of sp³-hybridized carbons (Fsp3) is 0.350. The van der Waals surface area contributed by atoms with Gasteiger partial charge in [-0.2, -0.15) is 0 Å². The number of nitrogens with zero attached hydrogens (tertiary/aromatic N) is 2. The van der Waals surface area contributed by atoms with Crippen molar-refractivity contribution in [3.8, 4) is 0 Å². The highest BCUT2D eigenvalue weighted by Gasteiger charge is 2.34. The summed E-state index contributed by atoms with van der Waals surface area (Å²) >= 11 is 3.48. The van der Waals surface area contributed by atoms with Crippen molar-refractivity contribution < 1.29 is 9.59 Å². The lowest BCUT2D eigenvalue weighted by Crippen LogP contribution is -2.46. The Morgan fingerprint density at radius 1 is 1.30 bits per heavy atom. The normalized spacial score (nSPS) is 19.6. The van der Waals surface area contributed by atoms with Gasteiger partial charge in [-0.05, 0) is 55.0 Å². The zero-order valence-electron chi connectivity index (χ0n) is 15.4. The first-order valence-electron chi connectivity index (χ1n) is 8.94. The molecule has 27 heavy (non-hydrogen) atoms. The molecule has 2 aromatic rings. The van der Waals surface area contributed by atoms with Gasteiger partial charge in [-0.15, -0.1) is 0 Å². The fourth-order valence-corrected chi connectivity index (χ4v) is 3.82. The molecule has 1 fully saturated rings. The van der Waals surface area contributed by atoms with Crippen LogP contribution in [0.1, 0.15) is 36.9 Å². The highest BCUT2D eigenvalue weighted by Crippen LogP contribution is 2.34. The van der Waals surface area contributed by atoms with Crippen molar-refractivity contribution in [1.82, 2.24) is 9.88 Å². The number of halogens is 1. The number of piperidine rings is 1. The number of likely N-dealkylation sites (tertiary alicyclic amines) is 1. The molecule has 1 aliphatic rings. The molecule has 142 valence electrons. The van der Waals surface area contributed by atoms with E-state index in [0.717, 1.165) is 28.4 Å². The zero-order chi connectivity index (χ0) is 19.6. The first-order valence-corrected chi connectivity index (χ1v) is 9.74. The SMILES string of the molecule is Cc1cc(NC(=O)C(=O)N2C[C@H](C)CC[C@H]2c2cccc(Br)c2)cnc1N. The van der Waals surface area contributed by atoms with Crippen LogP contribution in [0.5, 0.6) is 0 Å². The van der Waals surface area contributed by atoms with Crippen LogP contribution in [-0.4, -0.2) is 28.2 Å². The number of pyridine rings is 1. The lowest BCUT2D eigenvalue weighted by molar-refractivity contribution is -0.146. The summed E-state index contributed by atoms with van der Waals surface area (Å²) in [6, 6.07) is 9.50. The molecule has 3 rings (SSSR count). The van der Waals surface area contributed by atoms with Crippen molar-refractivity contribution in [1.29, 1.82) is 0 Å². The van der Waals surface area contributed by atoms with E-state index in [-0.39, 0.29) is 6.04 Å². The number of nitrogens with one attached hydrogen (secondary N) is 1. The van der Waals surface area contributed by atoms with Gasteiger partial charge in [0.1, 0.15) is 5.82 Å². The Labute approximate surface area is 167 Å². The molecule has 0 unspecified atom stereocenters. The van der Waals surface area contributed by atoms with E-state index >= 15 is 0 Å². The number of nitrogens with two attached hydrogens (primary N) is 1. The molecule has 0 saturated carbocycles. The summed E-state index contributed by atoms with van der Waals surface area (Å²) in [4.78, 5) is 31.2. The van der Waals surface area contributed by atoms with Crippen molar-refractivity contribution in [2.45, 2.75) is 32.7 Å². The van der Waals surface area contributed by atoms with Gasteiger partial charge in [0.15, 0.2) is 0 Å². The van der Waals surface area contributed by atoms with Gasteiger partial charge in [0.25, 0.3) is 0 Å². The number of nitrogen functional groups attached to an aromatic ring is 1. The van der Waals surface area contributed by atoms with Gasteiger partial charge in [0.05, 0.1) is 17.9 Å². The molecule has 1 aromatic carbocycles. The van der Waals surface area contributed by atoms with Gasteiger partial charge in [-0.3, -0.25) is 9.59 Å². The summed E-state index contributed by atoms with van der Waals surface area (Å²) in [6.07, 6.45) is 3.31. The van der Waals surface area contributed by atoms with Crippen LogP contribution in [-0.2, 0) is 9.59 Å². The Hall–Kier alpha value is -2.41. The second-order valence-corrected chi connectivity index (χ2v) is 8.01. The molecule has 0 bridgehead atoms. The minimum atomic E-state index is -0.657. The Balaban J connectivity index is 1.80. The van der Waals surface area contributed by atoms with Crippen molar-refractivity contribution >= 4 is 39.2 Å². The van der Waals surface area contributed by atoms with Gasteiger partial charge in [-0.25, -0.2) is 4.98 Å². The summed E-state index contributed by atoms with van der Waals surface area (Å²) in [5.41, 5.74) is 7.94. The predicted octanol–water partition coefficient (Wildman–Crippen LogP) is 3.67. The van der Waals surface area contributed by atoms with E-state index in [2.05, 4.69) is 33.2 Å². The Bertz CT molecular complexity index is 871. The summed E-state index contributed by atoms with van der Waals surface area (Å²) in [5, 5.41) is 2.65. The number of carbonyl (C=O) groups is 2. The number of amides is 2. The number of aryl methyl sites for hydroxylation is 1. The number of hydrogen-bond donors (Lipinski definition) is 2. The first kappa shape index (κ1) is 19.4. The van der Waals surface area contributed by atoms with E-state index in [1.807, 2.05) is 24.3 Å². The Morgan fingerprint density at radius 3 is 2.78 bits per heavy atom. The lowest BCUT2D eigenvalue weighted by Gasteiger charge is -2.38. The van der Waals surface area contributed by atoms with Crippen LogP contribution in [0.4, 0.5) is 11.5 Å². The van der Waals surface area contributed by atoms with Gasteiger partial charge < -0.3 is 16.0 Å². The van der Waals surface area contributed by atoms with Crippen LogP contribution in [0.3, 0.4) is 0 Å². The zero-order valence-corrected chi connectivity index (χ0v) is 17.0. The van der Waals surface area contributed by atoms with E-state index in [1.54, 1.807) is 17.9 Å². The third-order valence-electron chi connectivity index (χ3n) is 4.88. The Kier molecular flexibility index (Phi) is 5.79. The monoisotopic (exact) mass is 430 g/mol. The quantitative estimate of drug-likeness (QED) is 0.711. The van der Waals surface area contributed by atoms with E-state index in [9.17, 15) is 9.59 Å². The average Bonchev–Trinajstić information content (AvgIpc) is 2.64. The third kappa shape index (κ3) is 4.47. The van der Waals surface area contributed by atoms with Crippen molar-refractivity contribution in [2.24, 2.45) is 5.92 Å². The van der Waals surface area contributed by atoms with Crippen LogP contribution < -0.4 is 11.1 Å². The van der Waals surface area contributed by atoms with E-state index in [0.29, 0.717) is 24.0 Å². The molecule has 7 heteroatoms. The smallest absolute Gasteiger partial charge is 0.313 e. The third-order valence-corrected chi connectivity index (χ3v) is 5.38. The number of hydrogen-bond acceptors (Lipinski definition) is 4. The number of benzene rings is 1. The molecule has 2 heterocycles. The number of aromatic nitrogens is 1. The molecule has 0 spiro atoms. The minimum absolute atomic E-state index is 0.108. The number of anilines is 2. The number of rotatable bonds is 2. The largest absolute Gasteiger partial charge is 0.383 e. The topological polar surface area (TPSA) is 88.3 Å². The first-order chi connectivity index (χ1) is 12.8. The van der Waals surface area contributed by atoms with Gasteiger partial charge in [0, 0.05) is 11.0 Å². The molecule has 2 atom stereocenters. The molecule has 1 aliphatic heterocycles. The maximum absolute atomic E-state index is 12.9. The second kappa shape index (κ2) is 8.08. The molecular formula is C20H23BrN4O2. The Morgan fingerprint density at radius 2 is 2.07 bits per heavy atom. The average molecular weight is 431 g/mol. The number of carbonyl (C=O) groups excluding carboxylic acids is 2. The second-order valence-electron chi connectivity index (χ2n) is 7.09. The van der Waals surface area contributed by atoms with Gasteiger partial charge in [0.2, 0.25) is 0 Å². The molecule has 3 N–H and O–H groups in total.